The van der Waals surface area contributed by atoms with Crippen LogP contribution in [-0.2, 0) is 22.4 Å². The molecule has 5 heteroatoms. The zero-order chi connectivity index (χ0) is 13.9. The average molecular weight is 283 g/mol. The van der Waals surface area contributed by atoms with Crippen molar-refractivity contribution in [3.05, 3.63) is 35.4 Å². The molecule has 1 fully saturated rings. The van der Waals surface area contributed by atoms with Gasteiger partial charge in [-0.25, -0.2) is 12.7 Å². The molecule has 19 heavy (non-hydrogen) atoms. The summed E-state index contributed by atoms with van der Waals surface area (Å²) < 4.78 is 26.3. The summed E-state index contributed by atoms with van der Waals surface area (Å²) in [7, 11) is -3.22. The molecule has 1 saturated heterocycles. The summed E-state index contributed by atoms with van der Waals surface area (Å²) >= 11 is 0. The van der Waals surface area contributed by atoms with Crippen LogP contribution in [-0.4, -0.2) is 30.9 Å². The van der Waals surface area contributed by atoms with E-state index in [1.54, 1.807) is 28.6 Å². The third-order valence-electron chi connectivity index (χ3n) is 3.57. The molecular formula is C14H21NO3S. The predicted molar refractivity (Wildman–Crippen MR) is 75.0 cm³/mol. The molecule has 0 aliphatic carbocycles. The van der Waals surface area contributed by atoms with E-state index < -0.39 is 10.0 Å². The van der Waals surface area contributed by atoms with Gasteiger partial charge in [-0.1, -0.05) is 31.2 Å². The van der Waals surface area contributed by atoms with E-state index >= 15 is 0 Å². The molecule has 1 N–H and O–H groups in total. The first-order valence-electron chi connectivity index (χ1n) is 6.68. The number of aliphatic hydroxyl groups excluding tert-OH is 1. The van der Waals surface area contributed by atoms with E-state index in [9.17, 15) is 8.42 Å². The second-order valence-electron chi connectivity index (χ2n) is 5.34. The summed E-state index contributed by atoms with van der Waals surface area (Å²) in [5, 5.41) is 8.97. The number of aliphatic hydroxyl groups is 1. The van der Waals surface area contributed by atoms with E-state index in [0.29, 0.717) is 19.0 Å². The van der Waals surface area contributed by atoms with E-state index in [4.69, 9.17) is 5.11 Å². The van der Waals surface area contributed by atoms with Crippen molar-refractivity contribution in [2.75, 3.05) is 13.1 Å². The molecule has 0 aromatic heterocycles. The Balaban J connectivity index is 2.07. The maximum atomic E-state index is 12.3. The second kappa shape index (κ2) is 6.03. The van der Waals surface area contributed by atoms with Gasteiger partial charge in [0, 0.05) is 13.1 Å². The van der Waals surface area contributed by atoms with Crippen LogP contribution in [0.1, 0.15) is 30.9 Å². The van der Waals surface area contributed by atoms with Crippen LogP contribution in [0.3, 0.4) is 0 Å². The fourth-order valence-corrected chi connectivity index (χ4v) is 4.13. The van der Waals surface area contributed by atoms with E-state index in [1.807, 2.05) is 0 Å². The van der Waals surface area contributed by atoms with Gasteiger partial charge in [0.25, 0.3) is 0 Å². The van der Waals surface area contributed by atoms with Crippen LogP contribution in [0.5, 0.6) is 0 Å². The minimum atomic E-state index is -3.22. The highest BCUT2D eigenvalue weighted by atomic mass is 32.2. The summed E-state index contributed by atoms with van der Waals surface area (Å²) in [5.74, 6) is 0.492. The van der Waals surface area contributed by atoms with Crippen molar-refractivity contribution in [1.82, 2.24) is 4.31 Å². The highest BCUT2D eigenvalue weighted by Crippen LogP contribution is 2.21. The summed E-state index contributed by atoms with van der Waals surface area (Å²) in [4.78, 5) is 0. The van der Waals surface area contributed by atoms with E-state index in [2.05, 4.69) is 6.92 Å². The van der Waals surface area contributed by atoms with Crippen molar-refractivity contribution >= 4 is 10.0 Å². The molecule has 0 saturated carbocycles. The van der Waals surface area contributed by atoms with Gasteiger partial charge < -0.3 is 5.11 Å². The lowest BCUT2D eigenvalue weighted by Crippen LogP contribution is -2.39. The monoisotopic (exact) mass is 283 g/mol. The van der Waals surface area contributed by atoms with Gasteiger partial charge in [0.15, 0.2) is 0 Å². The number of rotatable bonds is 4. The Hall–Kier alpha value is -0.910. The van der Waals surface area contributed by atoms with Crippen molar-refractivity contribution in [1.29, 1.82) is 0 Å². The lowest BCUT2D eigenvalue weighted by atomic mass is 10.0. The molecule has 0 spiro atoms. The molecule has 0 bridgehead atoms. The molecule has 1 unspecified atom stereocenters. The molecule has 1 atom stereocenters. The van der Waals surface area contributed by atoms with Crippen molar-refractivity contribution in [3.63, 3.8) is 0 Å². The van der Waals surface area contributed by atoms with Crippen LogP contribution in [0.4, 0.5) is 0 Å². The first kappa shape index (κ1) is 14.5. The minimum absolute atomic E-state index is 0.0172. The Morgan fingerprint density at radius 1 is 1.26 bits per heavy atom. The average Bonchev–Trinajstić information content (AvgIpc) is 2.39. The standard InChI is InChI=1S/C14H21NO3S/c1-12-3-2-8-15(9-12)19(17,18)11-14-6-4-13(10-16)5-7-14/h4-7,12,16H,2-3,8-11H2,1H3. The Kier molecular flexibility index (Phi) is 4.60. The molecule has 0 radical (unpaired) electrons. The summed E-state index contributed by atoms with van der Waals surface area (Å²) in [5.41, 5.74) is 1.57. The number of sulfonamides is 1. The number of piperidine rings is 1. The van der Waals surface area contributed by atoms with Gasteiger partial charge in [0.2, 0.25) is 10.0 Å². The van der Waals surface area contributed by atoms with E-state index in [1.165, 1.54) is 0 Å². The van der Waals surface area contributed by atoms with Crippen LogP contribution in [0.25, 0.3) is 0 Å². The lowest BCUT2D eigenvalue weighted by Gasteiger charge is -2.30. The molecule has 1 aromatic carbocycles. The maximum Gasteiger partial charge on any atom is 0.218 e. The topological polar surface area (TPSA) is 57.6 Å². The van der Waals surface area contributed by atoms with Crippen LogP contribution >= 0.6 is 0 Å². The summed E-state index contributed by atoms with van der Waals surface area (Å²) in [6.45, 7) is 3.35. The highest BCUT2D eigenvalue weighted by molar-refractivity contribution is 7.88. The Labute approximate surface area is 115 Å². The van der Waals surface area contributed by atoms with Gasteiger partial charge in [-0.2, -0.15) is 0 Å². The zero-order valence-electron chi connectivity index (χ0n) is 11.2. The van der Waals surface area contributed by atoms with Gasteiger partial charge in [0.05, 0.1) is 12.4 Å². The van der Waals surface area contributed by atoms with Gasteiger partial charge in [-0.15, -0.1) is 0 Å². The fourth-order valence-electron chi connectivity index (χ4n) is 2.44. The number of benzene rings is 1. The smallest absolute Gasteiger partial charge is 0.218 e. The Bertz CT molecular complexity index is 510. The quantitative estimate of drug-likeness (QED) is 0.915. The molecule has 4 nitrogen and oxygen atoms in total. The minimum Gasteiger partial charge on any atom is -0.392 e. The van der Waals surface area contributed by atoms with Crippen LogP contribution in [0.15, 0.2) is 24.3 Å². The van der Waals surface area contributed by atoms with Crippen molar-refractivity contribution in [3.8, 4) is 0 Å². The molecule has 1 heterocycles. The molecule has 2 rings (SSSR count). The van der Waals surface area contributed by atoms with Gasteiger partial charge >= 0.3 is 0 Å². The van der Waals surface area contributed by atoms with Gasteiger partial charge in [-0.3, -0.25) is 0 Å². The Morgan fingerprint density at radius 2 is 1.89 bits per heavy atom. The molecular weight excluding hydrogens is 262 g/mol. The molecule has 0 amide bonds. The molecule has 1 aromatic rings. The van der Waals surface area contributed by atoms with Crippen molar-refractivity contribution in [2.24, 2.45) is 5.92 Å². The van der Waals surface area contributed by atoms with Crippen molar-refractivity contribution in [2.45, 2.75) is 32.1 Å². The normalized spacial score (nSPS) is 21.5. The zero-order valence-corrected chi connectivity index (χ0v) is 12.1. The summed E-state index contributed by atoms with van der Waals surface area (Å²) in [6, 6.07) is 7.08. The molecule has 1 aliphatic heterocycles. The number of hydrogen-bond acceptors (Lipinski definition) is 3. The lowest BCUT2D eigenvalue weighted by molar-refractivity contribution is 0.281. The van der Waals surface area contributed by atoms with Gasteiger partial charge in [-0.05, 0) is 29.9 Å². The molecule has 1 aliphatic rings. The first-order valence-corrected chi connectivity index (χ1v) is 8.28. The third kappa shape index (κ3) is 3.78. The fraction of sp³-hybridized carbons (Fsp3) is 0.571. The number of hydrogen-bond donors (Lipinski definition) is 1. The third-order valence-corrected chi connectivity index (χ3v) is 5.38. The van der Waals surface area contributed by atoms with Crippen LogP contribution in [0.2, 0.25) is 0 Å². The van der Waals surface area contributed by atoms with E-state index in [0.717, 1.165) is 24.0 Å². The maximum absolute atomic E-state index is 12.3. The second-order valence-corrected chi connectivity index (χ2v) is 7.31. The predicted octanol–water partition coefficient (Wildman–Crippen LogP) is 1.74. The largest absolute Gasteiger partial charge is 0.392 e. The highest BCUT2D eigenvalue weighted by Gasteiger charge is 2.26. The first-order chi connectivity index (χ1) is 9.01. The summed E-state index contributed by atoms with van der Waals surface area (Å²) in [6.07, 6.45) is 2.06. The van der Waals surface area contributed by atoms with Crippen LogP contribution in [0, 0.1) is 5.92 Å². The van der Waals surface area contributed by atoms with Crippen molar-refractivity contribution < 1.29 is 13.5 Å². The molecule has 106 valence electrons. The van der Waals surface area contributed by atoms with Crippen LogP contribution < -0.4 is 0 Å². The Morgan fingerprint density at radius 3 is 2.47 bits per heavy atom. The van der Waals surface area contributed by atoms with E-state index in [-0.39, 0.29) is 12.4 Å². The van der Waals surface area contributed by atoms with Gasteiger partial charge in [0.1, 0.15) is 0 Å². The number of nitrogens with zero attached hydrogens (tertiary/aromatic N) is 1. The SMILES string of the molecule is CC1CCCN(S(=O)(=O)Cc2ccc(CO)cc2)C1.